The van der Waals surface area contributed by atoms with Gasteiger partial charge in [-0.05, 0) is 27.7 Å². The van der Waals surface area contributed by atoms with Crippen LogP contribution >= 0.6 is 0 Å². The summed E-state index contributed by atoms with van der Waals surface area (Å²) in [6.07, 6.45) is -0.0712. The normalized spacial score (nSPS) is 32.0. The van der Waals surface area contributed by atoms with Gasteiger partial charge in [0.15, 0.2) is 6.29 Å². The fraction of sp³-hybridized carbons (Fsp3) is 1.00. The van der Waals surface area contributed by atoms with E-state index in [0.717, 1.165) is 0 Å². The molecule has 0 aliphatic carbocycles. The molecule has 1 aliphatic heterocycles. The van der Waals surface area contributed by atoms with E-state index in [-0.39, 0.29) is 18.0 Å². The van der Waals surface area contributed by atoms with Crippen LogP contribution in [-0.2, 0) is 14.2 Å². The largest absolute Gasteiger partial charge is 0.391 e. The molecule has 0 aromatic heterocycles. The first kappa shape index (κ1) is 12.9. The van der Waals surface area contributed by atoms with Gasteiger partial charge in [-0.15, -0.1) is 0 Å². The summed E-state index contributed by atoms with van der Waals surface area (Å²) in [6.45, 7) is 8.85. The summed E-state index contributed by atoms with van der Waals surface area (Å²) in [5.74, 6) is 0. The average Bonchev–Trinajstić information content (AvgIpc) is 2.79. The summed E-state index contributed by atoms with van der Waals surface area (Å²) >= 11 is 0. The van der Waals surface area contributed by atoms with Crippen molar-refractivity contribution in [3.8, 4) is 0 Å². The highest BCUT2D eigenvalue weighted by molar-refractivity contribution is 5.02. The van der Waals surface area contributed by atoms with Gasteiger partial charge in [-0.3, -0.25) is 0 Å². The molecule has 1 rings (SSSR count). The first-order valence-corrected chi connectivity index (χ1v) is 5.62. The Morgan fingerprint density at radius 3 is 2.20 bits per heavy atom. The molecule has 4 nitrogen and oxygen atoms in total. The molecule has 3 atom stereocenters. The molecule has 15 heavy (non-hydrogen) atoms. The number of hydrogen-bond acceptors (Lipinski definition) is 4. The minimum absolute atomic E-state index is 0.0825. The van der Waals surface area contributed by atoms with Crippen molar-refractivity contribution in [1.82, 2.24) is 0 Å². The highest BCUT2D eigenvalue weighted by Gasteiger charge is 2.55. The Labute approximate surface area is 91.5 Å². The fourth-order valence-electron chi connectivity index (χ4n) is 1.90. The van der Waals surface area contributed by atoms with Crippen LogP contribution in [0.15, 0.2) is 0 Å². The van der Waals surface area contributed by atoms with E-state index < -0.39 is 6.10 Å². The van der Waals surface area contributed by atoms with Crippen LogP contribution in [0.25, 0.3) is 0 Å². The molecular weight excluding hydrogens is 196 g/mol. The van der Waals surface area contributed by atoms with Crippen LogP contribution in [0.1, 0.15) is 34.1 Å². The van der Waals surface area contributed by atoms with Crippen LogP contribution in [-0.4, -0.2) is 42.4 Å². The van der Waals surface area contributed by atoms with Crippen LogP contribution in [0, 0.1) is 0 Å². The summed E-state index contributed by atoms with van der Waals surface area (Å²) in [5.41, 5.74) is -0.289. The lowest BCUT2D eigenvalue weighted by atomic mass is 10.0. The summed E-state index contributed by atoms with van der Waals surface area (Å²) in [5, 5.41) is 9.39. The fourth-order valence-corrected chi connectivity index (χ4v) is 1.90. The van der Waals surface area contributed by atoms with Crippen LogP contribution in [0.3, 0.4) is 0 Å². The van der Waals surface area contributed by atoms with Crippen molar-refractivity contribution in [3.05, 3.63) is 0 Å². The third-order valence-corrected chi connectivity index (χ3v) is 2.66. The zero-order valence-corrected chi connectivity index (χ0v) is 10.0. The van der Waals surface area contributed by atoms with Crippen molar-refractivity contribution in [2.24, 2.45) is 0 Å². The van der Waals surface area contributed by atoms with Gasteiger partial charge in [-0.2, -0.15) is 0 Å². The van der Waals surface area contributed by atoms with Crippen molar-refractivity contribution >= 4 is 0 Å². The van der Waals surface area contributed by atoms with E-state index in [1.165, 1.54) is 0 Å². The monoisotopic (exact) mass is 218 g/mol. The van der Waals surface area contributed by atoms with Gasteiger partial charge in [0.25, 0.3) is 0 Å². The molecule has 0 saturated carbocycles. The van der Waals surface area contributed by atoms with Gasteiger partial charge in [0, 0.05) is 19.6 Å². The Balaban J connectivity index is 2.38. The first-order chi connectivity index (χ1) is 7.03. The van der Waals surface area contributed by atoms with E-state index in [1.54, 1.807) is 6.92 Å². The quantitative estimate of drug-likeness (QED) is 0.517. The number of hydrogen-bond donors (Lipinski definition) is 1. The van der Waals surface area contributed by atoms with Crippen molar-refractivity contribution in [2.45, 2.75) is 58.2 Å². The van der Waals surface area contributed by atoms with E-state index in [2.05, 4.69) is 0 Å². The lowest BCUT2D eigenvalue weighted by molar-refractivity contribution is -0.147. The Bertz CT molecular complexity index is 189. The van der Waals surface area contributed by atoms with Crippen LogP contribution in [0.4, 0.5) is 0 Å². The van der Waals surface area contributed by atoms with Gasteiger partial charge in [0.05, 0.1) is 11.7 Å². The van der Waals surface area contributed by atoms with Gasteiger partial charge >= 0.3 is 0 Å². The highest BCUT2D eigenvalue weighted by atomic mass is 16.7. The smallest absolute Gasteiger partial charge is 0.160 e. The molecule has 0 radical (unpaired) electrons. The van der Waals surface area contributed by atoms with Crippen molar-refractivity contribution in [3.63, 3.8) is 0 Å². The van der Waals surface area contributed by atoms with Crippen LogP contribution in [0.2, 0.25) is 0 Å². The van der Waals surface area contributed by atoms with E-state index in [9.17, 15) is 5.11 Å². The molecule has 1 fully saturated rings. The average molecular weight is 218 g/mol. The maximum Gasteiger partial charge on any atom is 0.160 e. The molecule has 1 saturated heterocycles. The minimum atomic E-state index is -0.432. The molecule has 0 unspecified atom stereocenters. The van der Waals surface area contributed by atoms with E-state index in [4.69, 9.17) is 14.2 Å². The standard InChI is InChI=1S/C11H22O4/c1-5-13-9(14-6-2)7-11(4)10(15-11)8(3)12/h8-10,12H,5-7H2,1-4H3/t8-,10+,11-/m0/s1. The van der Waals surface area contributed by atoms with E-state index >= 15 is 0 Å². The number of aliphatic hydroxyl groups is 1. The first-order valence-electron chi connectivity index (χ1n) is 5.62. The summed E-state index contributed by atoms with van der Waals surface area (Å²) in [6, 6.07) is 0. The summed E-state index contributed by atoms with van der Waals surface area (Å²) in [7, 11) is 0. The topological polar surface area (TPSA) is 51.2 Å². The molecule has 1 aliphatic rings. The molecule has 0 bridgehead atoms. The number of ether oxygens (including phenoxy) is 3. The second kappa shape index (κ2) is 5.25. The summed E-state index contributed by atoms with van der Waals surface area (Å²) in [4.78, 5) is 0. The Kier molecular flexibility index (Phi) is 4.52. The van der Waals surface area contributed by atoms with Gasteiger partial charge < -0.3 is 19.3 Å². The van der Waals surface area contributed by atoms with E-state index in [0.29, 0.717) is 19.6 Å². The van der Waals surface area contributed by atoms with Crippen molar-refractivity contribution in [1.29, 1.82) is 0 Å². The molecule has 0 amide bonds. The van der Waals surface area contributed by atoms with Crippen LogP contribution < -0.4 is 0 Å². The maximum atomic E-state index is 9.39. The molecule has 4 heteroatoms. The van der Waals surface area contributed by atoms with Gasteiger partial charge in [-0.25, -0.2) is 0 Å². The lowest BCUT2D eigenvalue weighted by Gasteiger charge is -2.19. The molecule has 0 aromatic rings. The number of rotatable bonds is 7. The molecular formula is C11H22O4. The molecule has 0 spiro atoms. The zero-order chi connectivity index (χ0) is 11.5. The number of epoxide rings is 1. The zero-order valence-electron chi connectivity index (χ0n) is 10.0. The number of aliphatic hydroxyl groups excluding tert-OH is 1. The second-order valence-electron chi connectivity index (χ2n) is 4.14. The third-order valence-electron chi connectivity index (χ3n) is 2.66. The van der Waals surface area contributed by atoms with Gasteiger partial charge in [-0.1, -0.05) is 0 Å². The summed E-state index contributed by atoms with van der Waals surface area (Å²) < 4.78 is 16.4. The second-order valence-corrected chi connectivity index (χ2v) is 4.14. The highest BCUT2D eigenvalue weighted by Crippen LogP contribution is 2.42. The molecule has 90 valence electrons. The van der Waals surface area contributed by atoms with Crippen LogP contribution in [0.5, 0.6) is 0 Å². The molecule has 0 aromatic carbocycles. The van der Waals surface area contributed by atoms with Gasteiger partial charge in [0.1, 0.15) is 6.10 Å². The van der Waals surface area contributed by atoms with Crippen molar-refractivity contribution in [2.75, 3.05) is 13.2 Å². The Morgan fingerprint density at radius 1 is 1.33 bits per heavy atom. The maximum absolute atomic E-state index is 9.39. The lowest BCUT2D eigenvalue weighted by Crippen LogP contribution is -2.28. The van der Waals surface area contributed by atoms with Crippen molar-refractivity contribution < 1.29 is 19.3 Å². The third kappa shape index (κ3) is 3.41. The predicted molar refractivity (Wildman–Crippen MR) is 56.6 cm³/mol. The predicted octanol–water partition coefficient (Wildman–Crippen LogP) is 1.31. The Hall–Kier alpha value is -0.160. The molecule has 1 heterocycles. The Morgan fingerprint density at radius 2 is 1.87 bits per heavy atom. The van der Waals surface area contributed by atoms with E-state index in [1.807, 2.05) is 20.8 Å². The SMILES string of the molecule is CCOC(C[C@]1(C)O[C@@H]1[C@H](C)O)OCC. The van der Waals surface area contributed by atoms with Gasteiger partial charge in [0.2, 0.25) is 0 Å². The molecule has 1 N–H and O–H groups in total. The minimum Gasteiger partial charge on any atom is -0.391 e.